The molecule has 0 aromatic carbocycles. The van der Waals surface area contributed by atoms with Gasteiger partial charge in [-0.25, -0.2) is 4.98 Å². The van der Waals surface area contributed by atoms with E-state index in [1.54, 1.807) is 12.2 Å². The van der Waals surface area contributed by atoms with E-state index in [9.17, 15) is 4.79 Å². The lowest BCUT2D eigenvalue weighted by Gasteiger charge is -2.00. The summed E-state index contributed by atoms with van der Waals surface area (Å²) >= 11 is 0. The molecule has 0 bridgehead atoms. The number of H-pyrrole nitrogens is 2. The van der Waals surface area contributed by atoms with Gasteiger partial charge in [0, 0.05) is 13.0 Å². The topological polar surface area (TPSA) is 86.5 Å². The summed E-state index contributed by atoms with van der Waals surface area (Å²) < 4.78 is 0. The molecule has 0 atom stereocenters. The minimum atomic E-state index is -0.246. The van der Waals surface area contributed by atoms with Crippen LogP contribution >= 0.6 is 0 Å². The largest absolute Gasteiger partial charge is 0.352 e. The third kappa shape index (κ3) is 2.25. The van der Waals surface area contributed by atoms with Crippen LogP contribution in [-0.2, 0) is 6.42 Å². The van der Waals surface area contributed by atoms with Crippen molar-refractivity contribution >= 4 is 17.1 Å². The molecular formula is C11H13N5O. The predicted octanol–water partition coefficient (Wildman–Crippen LogP) is 0.973. The maximum Gasteiger partial charge on any atom is 0.278 e. The fraction of sp³-hybridized carbons (Fsp3) is 0.182. The smallest absolute Gasteiger partial charge is 0.278 e. The standard InChI is InChI=1S/C11H13N5O/c1-3-5-7-13-8-9(14-7)15-11(12-6-4-2)16-10(8)17/h3-4H,1-2,5-6H2,(H3,12,13,14,15,16,17). The molecule has 17 heavy (non-hydrogen) atoms. The number of anilines is 1. The Labute approximate surface area is 97.5 Å². The van der Waals surface area contributed by atoms with Gasteiger partial charge >= 0.3 is 0 Å². The van der Waals surface area contributed by atoms with Crippen LogP contribution in [0, 0.1) is 0 Å². The van der Waals surface area contributed by atoms with Gasteiger partial charge in [-0.1, -0.05) is 12.2 Å². The van der Waals surface area contributed by atoms with Gasteiger partial charge in [-0.15, -0.1) is 13.2 Å². The summed E-state index contributed by atoms with van der Waals surface area (Å²) in [5.41, 5.74) is 0.535. The first-order valence-corrected chi connectivity index (χ1v) is 5.19. The molecule has 0 amide bonds. The molecular weight excluding hydrogens is 218 g/mol. The Kier molecular flexibility index (Phi) is 3.04. The van der Waals surface area contributed by atoms with Crippen LogP contribution in [0.15, 0.2) is 30.1 Å². The van der Waals surface area contributed by atoms with Crippen molar-refractivity contribution in [2.75, 3.05) is 11.9 Å². The van der Waals surface area contributed by atoms with Crippen molar-refractivity contribution < 1.29 is 0 Å². The third-order valence-electron chi connectivity index (χ3n) is 2.16. The van der Waals surface area contributed by atoms with Crippen LogP contribution < -0.4 is 10.9 Å². The van der Waals surface area contributed by atoms with Gasteiger partial charge < -0.3 is 10.3 Å². The average molecular weight is 231 g/mol. The number of rotatable bonds is 5. The zero-order valence-corrected chi connectivity index (χ0v) is 9.29. The lowest BCUT2D eigenvalue weighted by molar-refractivity contribution is 1.07. The average Bonchev–Trinajstić information content (AvgIpc) is 2.70. The highest BCUT2D eigenvalue weighted by atomic mass is 16.1. The van der Waals surface area contributed by atoms with Crippen LogP contribution in [0.25, 0.3) is 11.2 Å². The summed E-state index contributed by atoms with van der Waals surface area (Å²) in [4.78, 5) is 25.6. The molecule has 0 unspecified atom stereocenters. The van der Waals surface area contributed by atoms with Gasteiger partial charge in [0.25, 0.3) is 5.56 Å². The highest BCUT2D eigenvalue weighted by Crippen LogP contribution is 2.06. The molecule has 0 saturated carbocycles. The molecule has 2 rings (SSSR count). The van der Waals surface area contributed by atoms with Gasteiger partial charge in [0.15, 0.2) is 11.2 Å². The zero-order valence-electron chi connectivity index (χ0n) is 9.29. The zero-order chi connectivity index (χ0) is 12.3. The molecule has 0 spiro atoms. The number of hydrogen-bond acceptors (Lipinski definition) is 4. The van der Waals surface area contributed by atoms with E-state index >= 15 is 0 Å². The fourth-order valence-electron chi connectivity index (χ4n) is 1.44. The van der Waals surface area contributed by atoms with Gasteiger partial charge in [0.1, 0.15) is 5.82 Å². The Morgan fingerprint density at radius 2 is 2.06 bits per heavy atom. The summed E-state index contributed by atoms with van der Waals surface area (Å²) in [7, 11) is 0. The Hall–Kier alpha value is -2.37. The molecule has 0 aliphatic heterocycles. The van der Waals surface area contributed by atoms with E-state index in [0.29, 0.717) is 35.9 Å². The highest BCUT2D eigenvalue weighted by Gasteiger charge is 2.08. The van der Waals surface area contributed by atoms with Crippen molar-refractivity contribution in [3.05, 3.63) is 41.5 Å². The van der Waals surface area contributed by atoms with Crippen LogP contribution in [0.2, 0.25) is 0 Å². The van der Waals surface area contributed by atoms with Crippen molar-refractivity contribution in [1.29, 1.82) is 0 Å². The molecule has 0 fully saturated rings. The highest BCUT2D eigenvalue weighted by molar-refractivity contribution is 5.70. The molecule has 0 radical (unpaired) electrons. The van der Waals surface area contributed by atoms with Crippen LogP contribution in [0.4, 0.5) is 5.95 Å². The summed E-state index contributed by atoms with van der Waals surface area (Å²) in [6.45, 7) is 7.72. The molecule has 0 saturated heterocycles. The second-order valence-corrected chi connectivity index (χ2v) is 3.46. The van der Waals surface area contributed by atoms with E-state index < -0.39 is 0 Å². The van der Waals surface area contributed by atoms with Crippen LogP contribution in [0.1, 0.15) is 5.82 Å². The lowest BCUT2D eigenvalue weighted by Crippen LogP contribution is -2.13. The van der Waals surface area contributed by atoms with Crippen LogP contribution in [0.5, 0.6) is 0 Å². The predicted molar refractivity (Wildman–Crippen MR) is 67.1 cm³/mol. The molecule has 0 aliphatic rings. The molecule has 2 heterocycles. The maximum atomic E-state index is 11.7. The molecule has 6 nitrogen and oxygen atoms in total. The summed E-state index contributed by atoms with van der Waals surface area (Å²) in [6, 6.07) is 0. The number of aromatic amines is 2. The van der Waals surface area contributed by atoms with Crippen LogP contribution in [-0.4, -0.2) is 26.5 Å². The lowest BCUT2D eigenvalue weighted by atomic mass is 10.4. The number of nitrogens with zero attached hydrogens (tertiary/aromatic N) is 2. The van der Waals surface area contributed by atoms with E-state index in [0.717, 1.165) is 0 Å². The van der Waals surface area contributed by atoms with E-state index in [1.807, 2.05) is 0 Å². The Bertz CT molecular complexity index is 610. The maximum absolute atomic E-state index is 11.7. The quantitative estimate of drug-likeness (QED) is 0.669. The Morgan fingerprint density at radius 3 is 2.76 bits per heavy atom. The van der Waals surface area contributed by atoms with E-state index in [2.05, 4.69) is 38.4 Å². The minimum absolute atomic E-state index is 0.246. The number of fused-ring (bicyclic) bond motifs is 1. The Balaban J connectivity index is 2.45. The number of allylic oxidation sites excluding steroid dienone is 1. The third-order valence-corrected chi connectivity index (χ3v) is 2.16. The van der Waals surface area contributed by atoms with E-state index in [4.69, 9.17) is 0 Å². The molecule has 88 valence electrons. The summed E-state index contributed by atoms with van der Waals surface area (Å²) in [5.74, 6) is 1.06. The van der Waals surface area contributed by atoms with E-state index in [1.165, 1.54) is 0 Å². The second-order valence-electron chi connectivity index (χ2n) is 3.46. The Morgan fingerprint density at radius 1 is 1.24 bits per heavy atom. The summed E-state index contributed by atoms with van der Waals surface area (Å²) in [6.07, 6.45) is 3.96. The molecule has 6 heteroatoms. The number of aromatic nitrogens is 4. The van der Waals surface area contributed by atoms with Crippen molar-refractivity contribution in [3.63, 3.8) is 0 Å². The van der Waals surface area contributed by atoms with Gasteiger partial charge in [-0.2, -0.15) is 4.98 Å². The van der Waals surface area contributed by atoms with Crippen molar-refractivity contribution in [2.24, 2.45) is 0 Å². The molecule has 2 aromatic rings. The fourth-order valence-corrected chi connectivity index (χ4v) is 1.44. The first kappa shape index (κ1) is 11.1. The second kappa shape index (κ2) is 4.65. The molecule has 2 aromatic heterocycles. The number of nitrogens with one attached hydrogen (secondary N) is 3. The first-order chi connectivity index (χ1) is 8.24. The van der Waals surface area contributed by atoms with Crippen molar-refractivity contribution in [2.45, 2.75) is 6.42 Å². The van der Waals surface area contributed by atoms with Gasteiger partial charge in [0.05, 0.1) is 0 Å². The van der Waals surface area contributed by atoms with Gasteiger partial charge in [0.2, 0.25) is 5.95 Å². The first-order valence-electron chi connectivity index (χ1n) is 5.19. The molecule has 3 N–H and O–H groups in total. The van der Waals surface area contributed by atoms with E-state index in [-0.39, 0.29) is 5.56 Å². The van der Waals surface area contributed by atoms with Crippen LogP contribution in [0.3, 0.4) is 0 Å². The monoisotopic (exact) mass is 231 g/mol. The number of hydrogen-bond donors (Lipinski definition) is 3. The minimum Gasteiger partial charge on any atom is -0.352 e. The van der Waals surface area contributed by atoms with Gasteiger partial charge in [-0.05, 0) is 0 Å². The van der Waals surface area contributed by atoms with Crippen molar-refractivity contribution in [1.82, 2.24) is 19.9 Å². The summed E-state index contributed by atoms with van der Waals surface area (Å²) in [5, 5.41) is 2.91. The van der Waals surface area contributed by atoms with Crippen molar-refractivity contribution in [3.8, 4) is 0 Å². The van der Waals surface area contributed by atoms with Gasteiger partial charge in [-0.3, -0.25) is 9.78 Å². The normalized spacial score (nSPS) is 10.4. The SMILES string of the molecule is C=CCNc1nc2nc(CC=C)[nH]c2c(=O)[nH]1. The number of imidazole rings is 1. The molecule has 0 aliphatic carbocycles.